The van der Waals surface area contributed by atoms with E-state index in [0.29, 0.717) is 11.6 Å². The van der Waals surface area contributed by atoms with Crippen LogP contribution in [0.2, 0.25) is 0 Å². The quantitative estimate of drug-likeness (QED) is 0.851. The Balaban J connectivity index is 2.06. The molecular weight excluding hydrogens is 252 g/mol. The predicted octanol–water partition coefficient (Wildman–Crippen LogP) is 2.60. The normalized spacial score (nSPS) is 12.2. The van der Waals surface area contributed by atoms with Crippen LogP contribution in [0.4, 0.5) is 0 Å². The summed E-state index contributed by atoms with van der Waals surface area (Å²) in [6, 6.07) is 9.95. The van der Waals surface area contributed by atoms with Gasteiger partial charge in [-0.05, 0) is 43.3 Å². The summed E-state index contributed by atoms with van der Waals surface area (Å²) in [4.78, 5) is 11.4. The summed E-state index contributed by atoms with van der Waals surface area (Å²) < 4.78 is 6.82. The Morgan fingerprint density at radius 2 is 2.00 bits per heavy atom. The number of nitrogens with one attached hydrogen (secondary N) is 1. The van der Waals surface area contributed by atoms with Gasteiger partial charge in [-0.1, -0.05) is 12.1 Å². The minimum atomic E-state index is -0.303. The van der Waals surface area contributed by atoms with Gasteiger partial charge in [-0.3, -0.25) is 0 Å². The molecular formula is C16H20N2O2. The summed E-state index contributed by atoms with van der Waals surface area (Å²) in [6.07, 6.45) is 4.20. The van der Waals surface area contributed by atoms with E-state index >= 15 is 0 Å². The molecule has 1 heterocycles. The van der Waals surface area contributed by atoms with E-state index in [1.54, 1.807) is 12.1 Å². The number of nitrogens with zero attached hydrogens (tertiary/aromatic N) is 1. The van der Waals surface area contributed by atoms with Crippen molar-refractivity contribution in [2.45, 2.75) is 19.5 Å². The molecule has 1 unspecified atom stereocenters. The molecule has 1 aromatic heterocycles. The fourth-order valence-corrected chi connectivity index (χ4v) is 2.06. The van der Waals surface area contributed by atoms with Crippen LogP contribution in [0.25, 0.3) is 0 Å². The third-order valence-corrected chi connectivity index (χ3v) is 3.45. The predicted molar refractivity (Wildman–Crippen MR) is 78.8 cm³/mol. The van der Waals surface area contributed by atoms with Crippen LogP contribution in [-0.2, 0) is 11.3 Å². The molecule has 4 nitrogen and oxygen atoms in total. The molecule has 0 saturated heterocycles. The maximum absolute atomic E-state index is 11.4. The number of hydrogen-bond acceptors (Lipinski definition) is 3. The highest BCUT2D eigenvalue weighted by molar-refractivity contribution is 5.89. The molecule has 0 aliphatic carbocycles. The zero-order valence-electron chi connectivity index (χ0n) is 12.1. The van der Waals surface area contributed by atoms with Crippen LogP contribution in [0.1, 0.15) is 34.5 Å². The van der Waals surface area contributed by atoms with Crippen molar-refractivity contribution in [3.05, 3.63) is 59.4 Å². The van der Waals surface area contributed by atoms with E-state index in [1.165, 1.54) is 12.7 Å². The molecule has 0 spiro atoms. The second-order valence-electron chi connectivity index (χ2n) is 4.82. The molecule has 106 valence electrons. The highest BCUT2D eigenvalue weighted by Crippen LogP contribution is 2.14. The van der Waals surface area contributed by atoms with Crippen molar-refractivity contribution in [3.63, 3.8) is 0 Å². The maximum atomic E-state index is 11.4. The lowest BCUT2D eigenvalue weighted by Gasteiger charge is -2.07. The van der Waals surface area contributed by atoms with E-state index < -0.39 is 0 Å². The number of carbonyl (C=O) groups excluding carboxylic acids is 1. The Morgan fingerprint density at radius 1 is 1.30 bits per heavy atom. The lowest BCUT2D eigenvalue weighted by molar-refractivity contribution is 0.0600. The Bertz CT molecular complexity index is 572. The first-order valence-corrected chi connectivity index (χ1v) is 6.64. The van der Waals surface area contributed by atoms with Gasteiger partial charge in [-0.15, -0.1) is 0 Å². The molecule has 1 aromatic carbocycles. The van der Waals surface area contributed by atoms with E-state index in [0.717, 1.165) is 12.1 Å². The summed E-state index contributed by atoms with van der Waals surface area (Å²) in [5.41, 5.74) is 2.99. The lowest BCUT2D eigenvalue weighted by Crippen LogP contribution is -2.11. The van der Waals surface area contributed by atoms with Crippen LogP contribution < -0.4 is 5.32 Å². The molecule has 20 heavy (non-hydrogen) atoms. The molecule has 0 bridgehead atoms. The van der Waals surface area contributed by atoms with Gasteiger partial charge in [0.25, 0.3) is 0 Å². The van der Waals surface area contributed by atoms with Gasteiger partial charge in [-0.25, -0.2) is 4.79 Å². The van der Waals surface area contributed by atoms with Crippen LogP contribution in [0.15, 0.2) is 42.7 Å². The molecule has 0 aliphatic heterocycles. The van der Waals surface area contributed by atoms with Gasteiger partial charge in [0.15, 0.2) is 0 Å². The Kier molecular flexibility index (Phi) is 4.58. The topological polar surface area (TPSA) is 43.3 Å². The Morgan fingerprint density at radius 3 is 2.60 bits per heavy atom. The van der Waals surface area contributed by atoms with E-state index in [4.69, 9.17) is 0 Å². The summed E-state index contributed by atoms with van der Waals surface area (Å²) in [6.45, 7) is 2.92. The number of esters is 1. The van der Waals surface area contributed by atoms with Gasteiger partial charge >= 0.3 is 5.97 Å². The summed E-state index contributed by atoms with van der Waals surface area (Å²) >= 11 is 0. The minimum absolute atomic E-state index is 0.303. The number of ether oxygens (including phenoxy) is 1. The van der Waals surface area contributed by atoms with E-state index in [9.17, 15) is 4.79 Å². The van der Waals surface area contributed by atoms with Crippen LogP contribution in [-0.4, -0.2) is 24.7 Å². The minimum Gasteiger partial charge on any atom is -0.465 e. The van der Waals surface area contributed by atoms with Crippen molar-refractivity contribution in [1.29, 1.82) is 0 Å². The Labute approximate surface area is 119 Å². The van der Waals surface area contributed by atoms with Crippen molar-refractivity contribution in [2.24, 2.45) is 0 Å². The molecule has 1 atom stereocenters. The fraction of sp³-hybridized carbons (Fsp3) is 0.312. The van der Waals surface area contributed by atoms with Crippen molar-refractivity contribution < 1.29 is 9.53 Å². The van der Waals surface area contributed by atoms with Crippen LogP contribution in [0, 0.1) is 0 Å². The summed E-state index contributed by atoms with van der Waals surface area (Å²) in [7, 11) is 3.34. The van der Waals surface area contributed by atoms with Gasteiger partial charge in [0.1, 0.15) is 0 Å². The van der Waals surface area contributed by atoms with Gasteiger partial charge < -0.3 is 14.6 Å². The number of rotatable bonds is 5. The van der Waals surface area contributed by atoms with Crippen LogP contribution in [0.5, 0.6) is 0 Å². The lowest BCUT2D eigenvalue weighted by atomic mass is 10.1. The molecule has 0 saturated carbocycles. The zero-order chi connectivity index (χ0) is 14.5. The molecule has 4 heteroatoms. The van der Waals surface area contributed by atoms with Gasteiger partial charge in [-0.2, -0.15) is 0 Å². The SMILES string of the molecule is CNC(C)c1ccn(Cc2ccc(C(=O)OC)cc2)c1. The Hall–Kier alpha value is -2.07. The maximum Gasteiger partial charge on any atom is 0.337 e. The van der Waals surface area contributed by atoms with Crippen LogP contribution >= 0.6 is 0 Å². The van der Waals surface area contributed by atoms with Gasteiger partial charge in [0.05, 0.1) is 12.7 Å². The molecule has 2 aromatic rings. The van der Waals surface area contributed by atoms with Crippen molar-refractivity contribution in [1.82, 2.24) is 9.88 Å². The van der Waals surface area contributed by atoms with Crippen molar-refractivity contribution >= 4 is 5.97 Å². The van der Waals surface area contributed by atoms with Crippen molar-refractivity contribution in [2.75, 3.05) is 14.2 Å². The second kappa shape index (κ2) is 6.39. The highest BCUT2D eigenvalue weighted by Gasteiger charge is 2.06. The molecule has 0 amide bonds. The number of carbonyl (C=O) groups is 1. The van der Waals surface area contributed by atoms with Crippen LogP contribution in [0.3, 0.4) is 0 Å². The number of hydrogen-bond donors (Lipinski definition) is 1. The van der Waals surface area contributed by atoms with E-state index in [1.807, 2.05) is 19.2 Å². The first-order chi connectivity index (χ1) is 9.63. The monoisotopic (exact) mass is 272 g/mol. The first kappa shape index (κ1) is 14.3. The second-order valence-corrected chi connectivity index (χ2v) is 4.82. The highest BCUT2D eigenvalue weighted by atomic mass is 16.5. The molecule has 0 radical (unpaired) electrons. The van der Waals surface area contributed by atoms with E-state index in [2.05, 4.69) is 40.0 Å². The smallest absolute Gasteiger partial charge is 0.337 e. The number of aromatic nitrogens is 1. The van der Waals surface area contributed by atoms with E-state index in [-0.39, 0.29) is 5.97 Å². The number of benzene rings is 1. The average Bonchev–Trinajstić information content (AvgIpc) is 2.95. The summed E-state index contributed by atoms with van der Waals surface area (Å²) in [5, 5.41) is 3.22. The molecule has 0 aliphatic rings. The third kappa shape index (κ3) is 3.27. The number of methoxy groups -OCH3 is 1. The summed E-state index contributed by atoms with van der Waals surface area (Å²) in [5.74, 6) is -0.303. The first-order valence-electron chi connectivity index (χ1n) is 6.64. The zero-order valence-corrected chi connectivity index (χ0v) is 12.1. The average molecular weight is 272 g/mol. The van der Waals surface area contributed by atoms with Gasteiger partial charge in [0.2, 0.25) is 0 Å². The van der Waals surface area contributed by atoms with Crippen molar-refractivity contribution in [3.8, 4) is 0 Å². The molecule has 2 rings (SSSR count). The standard InChI is InChI=1S/C16H20N2O2/c1-12(17-2)15-8-9-18(11-15)10-13-4-6-14(7-5-13)16(19)20-3/h4-9,11-12,17H,10H2,1-3H3. The fourth-order valence-electron chi connectivity index (χ4n) is 2.06. The van der Waals surface area contributed by atoms with Gasteiger partial charge in [0, 0.05) is 25.0 Å². The molecule has 0 fully saturated rings. The largest absolute Gasteiger partial charge is 0.465 e. The third-order valence-electron chi connectivity index (χ3n) is 3.45. The molecule has 1 N–H and O–H groups in total.